The zero-order valence-electron chi connectivity index (χ0n) is 15.5. The largest absolute Gasteiger partial charge is 0.368 e. The summed E-state index contributed by atoms with van der Waals surface area (Å²) in [6, 6.07) is 7.73. The van der Waals surface area contributed by atoms with Crippen LogP contribution in [0.4, 0.5) is 0 Å². The van der Waals surface area contributed by atoms with Crippen LogP contribution in [0.15, 0.2) is 36.7 Å². The van der Waals surface area contributed by atoms with E-state index >= 15 is 0 Å². The maximum Gasteiger partial charge on any atom is 0.249 e. The molecule has 144 valence electrons. The Balaban J connectivity index is 1.39. The molecule has 1 atom stereocenters. The molecule has 7 heteroatoms. The van der Waals surface area contributed by atoms with Gasteiger partial charge in [0.05, 0.1) is 43.3 Å². The van der Waals surface area contributed by atoms with E-state index in [4.69, 9.17) is 9.47 Å². The molecule has 0 unspecified atom stereocenters. The number of carbonyl (C=O) groups is 1. The van der Waals surface area contributed by atoms with Gasteiger partial charge in [0.15, 0.2) is 0 Å². The van der Waals surface area contributed by atoms with Gasteiger partial charge in [0.1, 0.15) is 6.61 Å². The van der Waals surface area contributed by atoms with Gasteiger partial charge in [-0.25, -0.2) is 0 Å². The lowest BCUT2D eigenvalue weighted by molar-refractivity contribution is -0.140. The molecule has 4 rings (SSSR count). The predicted molar refractivity (Wildman–Crippen MR) is 98.7 cm³/mol. The number of carbonyl (C=O) groups excluding carboxylic acids is 1. The molecule has 2 aliphatic rings. The normalized spacial score (nSPS) is 20.4. The highest BCUT2D eigenvalue weighted by molar-refractivity contribution is 5.77. The number of rotatable bonds is 6. The van der Waals surface area contributed by atoms with E-state index in [1.807, 2.05) is 33.8 Å². The summed E-state index contributed by atoms with van der Waals surface area (Å²) >= 11 is 0. The molecule has 7 nitrogen and oxygen atoms in total. The van der Waals surface area contributed by atoms with E-state index in [1.165, 1.54) is 12.8 Å². The van der Waals surface area contributed by atoms with E-state index in [9.17, 15) is 4.79 Å². The van der Waals surface area contributed by atoms with Gasteiger partial charge in [-0.15, -0.1) is 0 Å². The van der Waals surface area contributed by atoms with Crippen molar-refractivity contribution in [2.75, 3.05) is 13.2 Å². The number of ether oxygens (including phenoxy) is 2. The topological polar surface area (TPSA) is 69.5 Å². The van der Waals surface area contributed by atoms with Crippen molar-refractivity contribution in [1.82, 2.24) is 19.7 Å². The SMILES string of the molecule is O=C(COC1CCCC1)N1Cc2ccnn2C[C@@H](OCc2ccccn2)C1. The number of pyridine rings is 1. The quantitative estimate of drug-likeness (QED) is 0.779. The Kier molecular flexibility index (Phi) is 5.79. The van der Waals surface area contributed by atoms with E-state index in [0.717, 1.165) is 24.2 Å². The highest BCUT2D eigenvalue weighted by Gasteiger charge is 2.27. The summed E-state index contributed by atoms with van der Waals surface area (Å²) in [4.78, 5) is 18.9. The van der Waals surface area contributed by atoms with Gasteiger partial charge in [0, 0.05) is 18.9 Å². The lowest BCUT2D eigenvalue weighted by atomic mass is 10.3. The Morgan fingerprint density at radius 1 is 1.07 bits per heavy atom. The van der Waals surface area contributed by atoms with E-state index < -0.39 is 0 Å². The standard InChI is InChI=1S/C20H26N4O3/c25-20(15-27-18-6-1-2-7-18)23-11-17-8-10-22-24(17)13-19(12-23)26-14-16-5-3-4-9-21-16/h3-5,8-10,18-19H,1-2,6-7,11-15H2/t19-/m0/s1. The monoisotopic (exact) mass is 370 g/mol. The second kappa shape index (κ2) is 8.63. The summed E-state index contributed by atoms with van der Waals surface area (Å²) in [5.74, 6) is 0.0167. The number of amides is 1. The first-order chi connectivity index (χ1) is 13.3. The number of aromatic nitrogens is 3. The minimum atomic E-state index is -0.136. The molecule has 0 aromatic carbocycles. The Bertz CT molecular complexity index is 743. The van der Waals surface area contributed by atoms with Crippen molar-refractivity contribution >= 4 is 5.91 Å². The van der Waals surface area contributed by atoms with Crippen LogP contribution < -0.4 is 0 Å². The van der Waals surface area contributed by atoms with Crippen LogP contribution in [-0.2, 0) is 34.0 Å². The van der Waals surface area contributed by atoms with Crippen molar-refractivity contribution in [3.05, 3.63) is 48.0 Å². The van der Waals surface area contributed by atoms with Gasteiger partial charge in [0.25, 0.3) is 0 Å². The summed E-state index contributed by atoms with van der Waals surface area (Å²) < 4.78 is 13.8. The van der Waals surface area contributed by atoms with Gasteiger partial charge in [0.2, 0.25) is 5.91 Å². The highest BCUT2D eigenvalue weighted by Crippen LogP contribution is 2.21. The fraction of sp³-hybridized carbons (Fsp3) is 0.550. The molecule has 0 spiro atoms. The molecule has 1 aliphatic carbocycles. The van der Waals surface area contributed by atoms with E-state index in [0.29, 0.717) is 26.2 Å². The molecule has 1 fully saturated rings. The van der Waals surface area contributed by atoms with Crippen molar-refractivity contribution in [3.63, 3.8) is 0 Å². The molecule has 1 aliphatic heterocycles. The lowest BCUT2D eigenvalue weighted by Gasteiger charge is -2.25. The second-order valence-electron chi connectivity index (χ2n) is 7.25. The number of nitrogens with zero attached hydrogens (tertiary/aromatic N) is 4. The zero-order valence-corrected chi connectivity index (χ0v) is 15.5. The molecule has 0 N–H and O–H groups in total. The number of fused-ring (bicyclic) bond motifs is 1. The molecule has 0 bridgehead atoms. The van der Waals surface area contributed by atoms with E-state index in [2.05, 4.69) is 10.1 Å². The minimum Gasteiger partial charge on any atom is -0.368 e. The summed E-state index contributed by atoms with van der Waals surface area (Å²) in [5, 5.41) is 4.38. The summed E-state index contributed by atoms with van der Waals surface area (Å²) in [6.07, 6.45) is 8.16. The second-order valence-corrected chi connectivity index (χ2v) is 7.25. The first-order valence-corrected chi connectivity index (χ1v) is 9.69. The summed E-state index contributed by atoms with van der Waals surface area (Å²) in [6.45, 7) is 2.26. The molecular weight excluding hydrogens is 344 g/mol. The van der Waals surface area contributed by atoms with Crippen LogP contribution in [0.2, 0.25) is 0 Å². The molecule has 0 saturated heterocycles. The van der Waals surface area contributed by atoms with Crippen LogP contribution in [0, 0.1) is 0 Å². The zero-order chi connectivity index (χ0) is 18.5. The van der Waals surface area contributed by atoms with Crippen LogP contribution in [0.3, 0.4) is 0 Å². The van der Waals surface area contributed by atoms with Crippen LogP contribution >= 0.6 is 0 Å². The van der Waals surface area contributed by atoms with E-state index in [-0.39, 0.29) is 24.7 Å². The van der Waals surface area contributed by atoms with Gasteiger partial charge in [-0.1, -0.05) is 18.9 Å². The number of hydrogen-bond acceptors (Lipinski definition) is 5. The van der Waals surface area contributed by atoms with Gasteiger partial charge in [-0.3, -0.25) is 14.5 Å². The first-order valence-electron chi connectivity index (χ1n) is 9.69. The Morgan fingerprint density at radius 2 is 1.96 bits per heavy atom. The molecule has 1 saturated carbocycles. The van der Waals surface area contributed by atoms with Crippen molar-refractivity contribution in [3.8, 4) is 0 Å². The number of hydrogen-bond donors (Lipinski definition) is 0. The maximum absolute atomic E-state index is 12.8. The molecule has 3 heterocycles. The highest BCUT2D eigenvalue weighted by atomic mass is 16.5. The molecule has 2 aromatic heterocycles. The van der Waals surface area contributed by atoms with E-state index in [1.54, 1.807) is 12.4 Å². The predicted octanol–water partition coefficient (Wildman–Crippen LogP) is 2.16. The molecular formula is C20H26N4O3. The Hall–Kier alpha value is -2.25. The third kappa shape index (κ3) is 4.73. The maximum atomic E-state index is 12.8. The Morgan fingerprint density at radius 3 is 2.78 bits per heavy atom. The fourth-order valence-corrected chi connectivity index (χ4v) is 3.73. The Labute approximate surface area is 159 Å². The summed E-state index contributed by atoms with van der Waals surface area (Å²) in [7, 11) is 0. The third-order valence-electron chi connectivity index (χ3n) is 5.25. The molecule has 1 amide bonds. The average Bonchev–Trinajstić information content (AvgIpc) is 3.34. The van der Waals surface area contributed by atoms with Crippen molar-refractivity contribution in [2.45, 2.75) is 57.6 Å². The smallest absolute Gasteiger partial charge is 0.249 e. The first kappa shape index (κ1) is 18.1. The van der Waals surface area contributed by atoms with Crippen LogP contribution in [0.25, 0.3) is 0 Å². The lowest BCUT2D eigenvalue weighted by Crippen LogP contribution is -2.39. The van der Waals surface area contributed by atoms with Crippen molar-refractivity contribution in [1.29, 1.82) is 0 Å². The minimum absolute atomic E-state index is 0.0167. The van der Waals surface area contributed by atoms with Gasteiger partial charge < -0.3 is 14.4 Å². The molecule has 0 radical (unpaired) electrons. The van der Waals surface area contributed by atoms with Gasteiger partial charge in [-0.2, -0.15) is 5.10 Å². The van der Waals surface area contributed by atoms with Crippen LogP contribution in [0.1, 0.15) is 37.1 Å². The van der Waals surface area contributed by atoms with Crippen LogP contribution in [-0.4, -0.2) is 50.9 Å². The van der Waals surface area contributed by atoms with Crippen LogP contribution in [0.5, 0.6) is 0 Å². The van der Waals surface area contributed by atoms with Crippen molar-refractivity contribution in [2.24, 2.45) is 0 Å². The average molecular weight is 370 g/mol. The molecule has 2 aromatic rings. The third-order valence-corrected chi connectivity index (χ3v) is 5.25. The van der Waals surface area contributed by atoms with Crippen molar-refractivity contribution < 1.29 is 14.3 Å². The van der Waals surface area contributed by atoms with Gasteiger partial charge in [-0.05, 0) is 31.0 Å². The fourth-order valence-electron chi connectivity index (χ4n) is 3.73. The molecule has 27 heavy (non-hydrogen) atoms. The summed E-state index contributed by atoms with van der Waals surface area (Å²) in [5.41, 5.74) is 1.90. The van der Waals surface area contributed by atoms with Gasteiger partial charge >= 0.3 is 0 Å².